The van der Waals surface area contributed by atoms with E-state index in [1.54, 1.807) is 6.08 Å². The Morgan fingerprint density at radius 1 is 1.06 bits per heavy atom. The second-order valence-corrected chi connectivity index (χ2v) is 8.25. The summed E-state index contributed by atoms with van der Waals surface area (Å²) in [6.45, 7) is 10.9. The van der Waals surface area contributed by atoms with Gasteiger partial charge in [0.25, 0.3) is 0 Å². The van der Waals surface area contributed by atoms with E-state index in [-0.39, 0.29) is 24.6 Å². The van der Waals surface area contributed by atoms with E-state index in [0.29, 0.717) is 38.3 Å². The Hall–Kier alpha value is -2.91. The minimum Gasteiger partial charge on any atom is -0.345 e. The SMILES string of the molecule is C=CCn1c(C)cc(C(=O)CN2CCN(CC(=O)Nc3ccccc3C(F)(F)F)CC2)c1C. The average Bonchev–Trinajstić information content (AvgIpc) is 3.03. The summed E-state index contributed by atoms with van der Waals surface area (Å²) in [5.74, 6) is -0.445. The number of nitrogens with zero attached hydrogens (tertiary/aromatic N) is 3. The van der Waals surface area contributed by atoms with Crippen LogP contribution < -0.4 is 5.32 Å². The number of hydrogen-bond donors (Lipinski definition) is 1. The van der Waals surface area contributed by atoms with Crippen LogP contribution in [0.25, 0.3) is 0 Å². The number of rotatable bonds is 8. The fourth-order valence-electron chi connectivity index (χ4n) is 4.12. The van der Waals surface area contributed by atoms with Crippen LogP contribution in [-0.2, 0) is 17.5 Å². The minimum absolute atomic E-state index is 0.00329. The topological polar surface area (TPSA) is 57.6 Å². The van der Waals surface area contributed by atoms with Crippen molar-refractivity contribution in [3.05, 3.63) is 65.5 Å². The molecular formula is C24H29F3N4O2. The number of amides is 1. The molecule has 1 saturated heterocycles. The number of para-hydroxylation sites is 1. The van der Waals surface area contributed by atoms with Gasteiger partial charge in [0.2, 0.25) is 5.91 Å². The molecule has 9 heteroatoms. The van der Waals surface area contributed by atoms with Crippen molar-refractivity contribution in [3.63, 3.8) is 0 Å². The number of hydrogen-bond acceptors (Lipinski definition) is 4. The van der Waals surface area contributed by atoms with Crippen LogP contribution in [-0.4, -0.2) is 65.3 Å². The Morgan fingerprint density at radius 2 is 1.67 bits per heavy atom. The number of ketones is 1. The highest BCUT2D eigenvalue weighted by molar-refractivity contribution is 5.99. The van der Waals surface area contributed by atoms with Crippen LogP contribution in [0.15, 0.2) is 43.0 Å². The number of piperazine rings is 1. The van der Waals surface area contributed by atoms with E-state index in [9.17, 15) is 22.8 Å². The van der Waals surface area contributed by atoms with Crippen LogP contribution in [0.5, 0.6) is 0 Å². The third-order valence-corrected chi connectivity index (χ3v) is 5.89. The predicted molar refractivity (Wildman–Crippen MR) is 121 cm³/mol. The van der Waals surface area contributed by atoms with E-state index in [4.69, 9.17) is 0 Å². The first-order valence-electron chi connectivity index (χ1n) is 10.8. The smallest absolute Gasteiger partial charge is 0.345 e. The van der Waals surface area contributed by atoms with Gasteiger partial charge >= 0.3 is 6.18 Å². The molecule has 0 radical (unpaired) electrons. The Balaban J connectivity index is 1.51. The maximum absolute atomic E-state index is 13.1. The lowest BCUT2D eigenvalue weighted by molar-refractivity contribution is -0.137. The summed E-state index contributed by atoms with van der Waals surface area (Å²) in [5, 5.41) is 2.38. The first-order chi connectivity index (χ1) is 15.6. The molecule has 1 aromatic carbocycles. The van der Waals surface area contributed by atoms with Crippen LogP contribution in [0, 0.1) is 13.8 Å². The molecule has 0 aliphatic carbocycles. The molecule has 0 unspecified atom stereocenters. The molecule has 6 nitrogen and oxygen atoms in total. The number of carbonyl (C=O) groups is 2. The molecule has 2 aromatic rings. The van der Waals surface area contributed by atoms with Crippen molar-refractivity contribution in [1.29, 1.82) is 0 Å². The van der Waals surface area contributed by atoms with Crippen molar-refractivity contribution in [2.45, 2.75) is 26.6 Å². The van der Waals surface area contributed by atoms with Gasteiger partial charge in [-0.3, -0.25) is 19.4 Å². The molecule has 3 rings (SSSR count). The number of Topliss-reactive ketones (excluding diaryl/α,β-unsaturated/α-hetero) is 1. The van der Waals surface area contributed by atoms with E-state index in [1.165, 1.54) is 18.2 Å². The fourth-order valence-corrected chi connectivity index (χ4v) is 4.12. The maximum Gasteiger partial charge on any atom is 0.418 e. The highest BCUT2D eigenvalue weighted by Crippen LogP contribution is 2.34. The van der Waals surface area contributed by atoms with Crippen molar-refractivity contribution in [1.82, 2.24) is 14.4 Å². The molecule has 0 atom stereocenters. The van der Waals surface area contributed by atoms with Gasteiger partial charge in [0.15, 0.2) is 5.78 Å². The number of benzene rings is 1. The van der Waals surface area contributed by atoms with Gasteiger partial charge in [0.05, 0.1) is 24.3 Å². The van der Waals surface area contributed by atoms with Gasteiger partial charge in [-0.15, -0.1) is 6.58 Å². The summed E-state index contributed by atoms with van der Waals surface area (Å²) in [5.41, 5.74) is 1.53. The van der Waals surface area contributed by atoms with Crippen molar-refractivity contribution < 1.29 is 22.8 Å². The summed E-state index contributed by atoms with van der Waals surface area (Å²) < 4.78 is 41.4. The van der Waals surface area contributed by atoms with E-state index < -0.39 is 17.6 Å². The number of halogens is 3. The van der Waals surface area contributed by atoms with Gasteiger partial charge in [-0.25, -0.2) is 0 Å². The van der Waals surface area contributed by atoms with Crippen molar-refractivity contribution in [2.75, 3.05) is 44.6 Å². The van der Waals surface area contributed by atoms with Crippen LogP contribution in [0.1, 0.15) is 27.3 Å². The molecular weight excluding hydrogens is 433 g/mol. The van der Waals surface area contributed by atoms with Crippen LogP contribution >= 0.6 is 0 Å². The first kappa shape index (κ1) is 24.7. The third-order valence-electron chi connectivity index (χ3n) is 5.89. The molecule has 33 heavy (non-hydrogen) atoms. The minimum atomic E-state index is -4.54. The number of aromatic nitrogens is 1. The molecule has 178 valence electrons. The summed E-state index contributed by atoms with van der Waals surface area (Å²) >= 11 is 0. The third kappa shape index (κ3) is 6.11. The lowest BCUT2D eigenvalue weighted by Gasteiger charge is -2.33. The first-order valence-corrected chi connectivity index (χ1v) is 10.8. The van der Waals surface area contributed by atoms with Crippen molar-refractivity contribution in [3.8, 4) is 0 Å². The second kappa shape index (κ2) is 10.4. The molecule has 1 aromatic heterocycles. The molecule has 1 N–H and O–H groups in total. The number of nitrogens with one attached hydrogen (secondary N) is 1. The molecule has 0 bridgehead atoms. The van der Waals surface area contributed by atoms with Gasteiger partial charge < -0.3 is 9.88 Å². The van der Waals surface area contributed by atoms with E-state index in [1.807, 2.05) is 34.3 Å². The van der Waals surface area contributed by atoms with Gasteiger partial charge in [-0.1, -0.05) is 18.2 Å². The number of aryl methyl sites for hydroxylation is 1. The van der Waals surface area contributed by atoms with Gasteiger partial charge in [0, 0.05) is 49.7 Å². The summed E-state index contributed by atoms with van der Waals surface area (Å²) in [4.78, 5) is 29.1. The zero-order valence-electron chi connectivity index (χ0n) is 18.9. The second-order valence-electron chi connectivity index (χ2n) is 8.25. The molecule has 1 fully saturated rings. The lowest BCUT2D eigenvalue weighted by atomic mass is 10.1. The Kier molecular flexibility index (Phi) is 7.76. The highest BCUT2D eigenvalue weighted by atomic mass is 19.4. The fraction of sp³-hybridized carbons (Fsp3) is 0.417. The molecule has 1 aliphatic rings. The normalized spacial score (nSPS) is 15.4. The molecule has 1 aliphatic heterocycles. The lowest BCUT2D eigenvalue weighted by Crippen LogP contribution is -2.49. The quantitative estimate of drug-likeness (QED) is 0.480. The van der Waals surface area contributed by atoms with Gasteiger partial charge in [0.1, 0.15) is 0 Å². The van der Waals surface area contributed by atoms with E-state index in [0.717, 1.165) is 17.5 Å². The number of anilines is 1. The average molecular weight is 463 g/mol. The zero-order chi connectivity index (χ0) is 24.2. The molecule has 1 amide bonds. The summed E-state index contributed by atoms with van der Waals surface area (Å²) in [6, 6.07) is 6.84. The number of allylic oxidation sites excluding steroid dienone is 1. The standard InChI is InChI=1S/C24H29F3N4O2/c1-4-9-31-17(2)14-19(18(31)3)22(32)15-29-10-12-30(13-11-29)16-23(33)28-21-8-6-5-7-20(21)24(25,26)27/h4-8,14H,1,9-13,15-16H2,2-3H3,(H,28,33). The van der Waals surface area contributed by atoms with Crippen molar-refractivity contribution >= 4 is 17.4 Å². The van der Waals surface area contributed by atoms with Crippen LogP contribution in [0.3, 0.4) is 0 Å². The number of alkyl halides is 3. The highest BCUT2D eigenvalue weighted by Gasteiger charge is 2.33. The van der Waals surface area contributed by atoms with Crippen LogP contribution in [0.4, 0.5) is 18.9 Å². The van der Waals surface area contributed by atoms with E-state index in [2.05, 4.69) is 11.9 Å². The zero-order valence-corrected chi connectivity index (χ0v) is 18.9. The monoisotopic (exact) mass is 462 g/mol. The Labute approximate surface area is 191 Å². The van der Waals surface area contributed by atoms with Crippen LogP contribution in [0.2, 0.25) is 0 Å². The maximum atomic E-state index is 13.1. The summed E-state index contributed by atoms with van der Waals surface area (Å²) in [6.07, 6.45) is -2.74. The Bertz CT molecular complexity index is 1020. The van der Waals surface area contributed by atoms with Gasteiger partial charge in [-0.2, -0.15) is 13.2 Å². The number of carbonyl (C=O) groups excluding carboxylic acids is 2. The molecule has 0 spiro atoms. The van der Waals surface area contributed by atoms with Crippen molar-refractivity contribution in [2.24, 2.45) is 0 Å². The predicted octanol–water partition coefficient (Wildman–Crippen LogP) is 3.75. The molecule has 0 saturated carbocycles. The Morgan fingerprint density at radius 3 is 2.27 bits per heavy atom. The van der Waals surface area contributed by atoms with E-state index >= 15 is 0 Å². The largest absolute Gasteiger partial charge is 0.418 e. The van der Waals surface area contributed by atoms with Gasteiger partial charge in [-0.05, 0) is 32.0 Å². The molecule has 2 heterocycles. The summed E-state index contributed by atoms with van der Waals surface area (Å²) in [7, 11) is 0.